The van der Waals surface area contributed by atoms with E-state index >= 15 is 0 Å². The predicted molar refractivity (Wildman–Crippen MR) is 192 cm³/mol. The van der Waals surface area contributed by atoms with E-state index in [1.54, 1.807) is 12.0 Å². The average Bonchev–Trinajstić information content (AvgIpc) is 3.12. The van der Waals surface area contributed by atoms with Crippen LogP contribution in [0.1, 0.15) is 80.7 Å². The van der Waals surface area contributed by atoms with Gasteiger partial charge in [0.15, 0.2) is 0 Å². The van der Waals surface area contributed by atoms with Crippen LogP contribution < -0.4 is 14.8 Å². The highest BCUT2D eigenvalue weighted by Crippen LogP contribution is 2.37. The van der Waals surface area contributed by atoms with Crippen LogP contribution in [0.5, 0.6) is 11.5 Å². The first kappa shape index (κ1) is 37.0. The van der Waals surface area contributed by atoms with Crippen LogP contribution in [-0.2, 0) is 36.8 Å². The molecule has 0 saturated carbocycles. The molecule has 1 amide bonds. The van der Waals surface area contributed by atoms with Gasteiger partial charge in [-0.2, -0.15) is 0 Å². The Balaban J connectivity index is 1.26. The van der Waals surface area contributed by atoms with Crippen molar-refractivity contribution in [2.24, 2.45) is 0 Å². The van der Waals surface area contributed by atoms with Crippen LogP contribution in [0.25, 0.3) is 0 Å². The summed E-state index contributed by atoms with van der Waals surface area (Å²) in [5.41, 5.74) is 4.70. The van der Waals surface area contributed by atoms with Crippen molar-refractivity contribution in [3.05, 3.63) is 89.0 Å². The van der Waals surface area contributed by atoms with Crippen molar-refractivity contribution in [3.8, 4) is 11.5 Å². The van der Waals surface area contributed by atoms with E-state index in [-0.39, 0.29) is 24.4 Å². The summed E-state index contributed by atoms with van der Waals surface area (Å²) in [4.78, 5) is 27.6. The van der Waals surface area contributed by atoms with Crippen LogP contribution in [0.3, 0.4) is 0 Å². The van der Waals surface area contributed by atoms with Gasteiger partial charge < -0.3 is 38.6 Å². The van der Waals surface area contributed by atoms with Crippen molar-refractivity contribution in [1.82, 2.24) is 4.90 Å². The Kier molecular flexibility index (Phi) is 13.0. The second kappa shape index (κ2) is 17.6. The molecule has 3 aromatic carbocycles. The van der Waals surface area contributed by atoms with Gasteiger partial charge in [0.25, 0.3) is 0 Å². The molecule has 0 aromatic heterocycles. The fourth-order valence-corrected chi connectivity index (χ4v) is 6.46. The Morgan fingerprint density at radius 1 is 1.00 bits per heavy atom. The largest absolute Gasteiger partial charge is 0.496 e. The first-order valence-electron chi connectivity index (χ1n) is 17.6. The van der Waals surface area contributed by atoms with Gasteiger partial charge in [0.1, 0.15) is 17.1 Å². The molecule has 0 aliphatic carbocycles. The van der Waals surface area contributed by atoms with E-state index in [1.807, 2.05) is 63.2 Å². The van der Waals surface area contributed by atoms with Gasteiger partial charge in [0, 0.05) is 36.7 Å². The second-order valence-corrected chi connectivity index (χ2v) is 13.8. The number of carbonyl (C=O) groups is 2. The quantitative estimate of drug-likeness (QED) is 0.137. The summed E-state index contributed by atoms with van der Waals surface area (Å²) in [5, 5.41) is 3.48. The maximum Gasteiger partial charge on any atom is 0.410 e. The number of piperidine rings is 1. The average molecular weight is 689 g/mol. The van der Waals surface area contributed by atoms with Gasteiger partial charge in [-0.05, 0) is 81.0 Å². The highest BCUT2D eigenvalue weighted by Gasteiger charge is 2.37. The minimum absolute atomic E-state index is 0.0259. The number of rotatable bonds is 14. The number of esters is 1. The topological polar surface area (TPSA) is 105 Å². The number of amides is 1. The van der Waals surface area contributed by atoms with Gasteiger partial charge >= 0.3 is 12.1 Å². The van der Waals surface area contributed by atoms with E-state index in [9.17, 15) is 9.59 Å². The number of likely N-dealkylation sites (tertiary alicyclic amines) is 1. The number of aryl methyl sites for hydroxylation is 1. The number of para-hydroxylation sites is 1. The molecule has 0 radical (unpaired) electrons. The molecule has 270 valence electrons. The highest BCUT2D eigenvalue weighted by atomic mass is 16.6. The number of nitrogens with zero attached hydrogens (tertiary/aromatic N) is 1. The van der Waals surface area contributed by atoms with Crippen molar-refractivity contribution < 1.29 is 38.0 Å². The minimum Gasteiger partial charge on any atom is -0.496 e. The summed E-state index contributed by atoms with van der Waals surface area (Å²) >= 11 is 0. The van der Waals surface area contributed by atoms with Gasteiger partial charge in [0.2, 0.25) is 0 Å². The molecule has 3 unspecified atom stereocenters. The fraction of sp³-hybridized carbons (Fsp3) is 0.500. The molecule has 1 fully saturated rings. The molecule has 0 spiro atoms. The Hall–Kier alpha value is -4.28. The zero-order valence-corrected chi connectivity index (χ0v) is 30.1. The van der Waals surface area contributed by atoms with Gasteiger partial charge in [-0.25, -0.2) is 4.79 Å². The lowest BCUT2D eigenvalue weighted by Crippen LogP contribution is -2.48. The van der Waals surface area contributed by atoms with Crippen LogP contribution >= 0.6 is 0 Å². The van der Waals surface area contributed by atoms with E-state index in [4.69, 9.17) is 28.4 Å². The molecular weight excluding hydrogens is 636 g/mol. The normalized spacial score (nSPS) is 18.0. The summed E-state index contributed by atoms with van der Waals surface area (Å²) in [5.74, 6) is 1.21. The molecule has 3 aromatic rings. The first-order chi connectivity index (χ1) is 24.1. The van der Waals surface area contributed by atoms with E-state index in [0.29, 0.717) is 39.3 Å². The zero-order chi connectivity index (χ0) is 35.5. The van der Waals surface area contributed by atoms with Crippen LogP contribution in [0.4, 0.5) is 10.5 Å². The lowest BCUT2D eigenvalue weighted by atomic mass is 9.86. The number of hydrogen-bond donors (Lipinski definition) is 1. The monoisotopic (exact) mass is 688 g/mol. The number of carbonyl (C=O) groups excluding carboxylic acids is 2. The van der Waals surface area contributed by atoms with Crippen molar-refractivity contribution >= 4 is 17.7 Å². The van der Waals surface area contributed by atoms with Crippen LogP contribution in [-0.4, -0.2) is 75.7 Å². The third-order valence-corrected chi connectivity index (χ3v) is 9.03. The van der Waals surface area contributed by atoms with E-state index in [1.165, 1.54) is 12.7 Å². The van der Waals surface area contributed by atoms with Crippen LogP contribution in [0.2, 0.25) is 0 Å². The fourth-order valence-electron chi connectivity index (χ4n) is 6.46. The first-order valence-corrected chi connectivity index (χ1v) is 17.6. The zero-order valence-electron chi connectivity index (χ0n) is 30.1. The number of fused-ring (bicyclic) bond motifs is 1. The number of ether oxygens (including phenoxy) is 6. The lowest BCUT2D eigenvalue weighted by molar-refractivity contribution is -0.146. The number of hydrogen-bond acceptors (Lipinski definition) is 9. The van der Waals surface area contributed by atoms with E-state index in [2.05, 4.69) is 29.6 Å². The standard InChI is InChI=1S/C40H52N2O8/c1-40(2,3)50-39(44)42-21-19-33(28-15-17-32(18-16-28)48-23-9-22-47-27-31-10-6-7-12-35(31)45-4)37(26-42)49-36(25-38(43)46-5)30-14-13-29-11-8-20-41-34(29)24-30/h6-7,10,12-18,24,33,36-37,41H,8-9,11,19-23,25-27H2,1-5H3. The van der Waals surface area contributed by atoms with Gasteiger partial charge in [-0.1, -0.05) is 42.5 Å². The third kappa shape index (κ3) is 10.4. The van der Waals surface area contributed by atoms with Crippen molar-refractivity contribution in [2.45, 2.75) is 83.2 Å². The van der Waals surface area contributed by atoms with Gasteiger partial charge in [0.05, 0.1) is 59.2 Å². The Bertz CT molecular complexity index is 1550. The van der Waals surface area contributed by atoms with Crippen molar-refractivity contribution in [3.63, 3.8) is 0 Å². The van der Waals surface area contributed by atoms with E-state index < -0.39 is 17.8 Å². The second-order valence-electron chi connectivity index (χ2n) is 13.8. The smallest absolute Gasteiger partial charge is 0.410 e. The molecule has 1 N–H and O–H groups in total. The van der Waals surface area contributed by atoms with Crippen molar-refractivity contribution in [2.75, 3.05) is 52.4 Å². The summed E-state index contributed by atoms with van der Waals surface area (Å²) in [6.07, 6.45) is 2.24. The van der Waals surface area contributed by atoms with Crippen LogP contribution in [0.15, 0.2) is 66.7 Å². The Labute approximate surface area is 296 Å². The van der Waals surface area contributed by atoms with Crippen LogP contribution in [0, 0.1) is 0 Å². The lowest BCUT2D eigenvalue weighted by Gasteiger charge is -2.40. The van der Waals surface area contributed by atoms with Gasteiger partial charge in [-0.3, -0.25) is 4.79 Å². The summed E-state index contributed by atoms with van der Waals surface area (Å²) in [6, 6.07) is 22.2. The molecule has 10 nitrogen and oxygen atoms in total. The molecule has 0 bridgehead atoms. The maximum absolute atomic E-state index is 13.2. The molecule has 2 heterocycles. The molecule has 50 heavy (non-hydrogen) atoms. The summed E-state index contributed by atoms with van der Waals surface area (Å²) in [6.45, 7) is 8.92. The number of nitrogens with one attached hydrogen (secondary N) is 1. The SMILES string of the molecule is COC(=O)CC(OC1CN(C(=O)OC(C)(C)C)CCC1c1ccc(OCCCOCc2ccccc2OC)cc1)c1ccc2c(c1)NCCC2. The minimum atomic E-state index is -0.620. The number of methoxy groups -OCH3 is 2. The number of anilines is 1. The van der Waals surface area contributed by atoms with Crippen molar-refractivity contribution in [1.29, 1.82) is 0 Å². The maximum atomic E-state index is 13.2. The third-order valence-electron chi connectivity index (χ3n) is 9.03. The molecule has 5 rings (SSSR count). The molecule has 2 aliphatic heterocycles. The molecular formula is C40H52N2O8. The summed E-state index contributed by atoms with van der Waals surface area (Å²) < 4.78 is 34.9. The molecule has 2 aliphatic rings. The number of benzene rings is 3. The van der Waals surface area contributed by atoms with E-state index in [0.717, 1.165) is 59.7 Å². The Morgan fingerprint density at radius 3 is 2.56 bits per heavy atom. The predicted octanol–water partition coefficient (Wildman–Crippen LogP) is 7.45. The molecule has 10 heteroatoms. The molecule has 3 atom stereocenters. The molecule has 1 saturated heterocycles. The summed E-state index contributed by atoms with van der Waals surface area (Å²) in [7, 11) is 3.05. The Morgan fingerprint density at radius 2 is 1.80 bits per heavy atom. The van der Waals surface area contributed by atoms with Gasteiger partial charge in [-0.15, -0.1) is 0 Å². The highest BCUT2D eigenvalue weighted by molar-refractivity contribution is 5.70.